The van der Waals surface area contributed by atoms with Crippen molar-refractivity contribution in [1.82, 2.24) is 0 Å². The normalized spacial score (nSPS) is 21.3. The van der Waals surface area contributed by atoms with E-state index in [9.17, 15) is 38.7 Å². The van der Waals surface area contributed by atoms with Crippen molar-refractivity contribution in [3.8, 4) is 0 Å². The second-order valence-corrected chi connectivity index (χ2v) is 27.1. The molecule has 12 rings (SSSR count). The highest BCUT2D eigenvalue weighted by molar-refractivity contribution is 5.94. The molecule has 0 unspecified atom stereocenters. The van der Waals surface area contributed by atoms with Gasteiger partial charge in [-0.05, 0) is 128 Å². The van der Waals surface area contributed by atoms with Crippen molar-refractivity contribution < 1.29 is 119 Å². The fourth-order valence-corrected chi connectivity index (χ4v) is 13.1. The summed E-state index contributed by atoms with van der Waals surface area (Å²) in [5.41, 5.74) is 8.84. The Bertz CT molecular complexity index is 4770. The minimum atomic E-state index is -2.16. The van der Waals surface area contributed by atoms with Crippen molar-refractivity contribution in [3.63, 3.8) is 0 Å². The van der Waals surface area contributed by atoms with Crippen LogP contribution in [0.1, 0.15) is 132 Å². The third kappa shape index (κ3) is 23.1. The Kier molecular flexibility index (Phi) is 30.4. The molecule has 0 aliphatic carbocycles. The van der Waals surface area contributed by atoms with Crippen molar-refractivity contribution >= 4 is 53.7 Å². The number of hydrogen-bond donors (Lipinski definition) is 1. The highest BCUT2D eigenvalue weighted by Crippen LogP contribution is 2.40. The molecule has 0 amide bonds. The molecule has 28 nitrogen and oxygen atoms in total. The zero-order valence-electron chi connectivity index (χ0n) is 63.0. The number of unbranched alkanes of at least 4 members (excludes halogenated alkanes) is 5. The molecule has 28 heteroatoms. The highest BCUT2D eigenvalue weighted by atomic mass is 16.8. The van der Waals surface area contributed by atoms with Gasteiger partial charge in [0.05, 0.1) is 50.1 Å². The third-order valence-corrected chi connectivity index (χ3v) is 19.0. The zero-order valence-corrected chi connectivity index (χ0v) is 63.0. The van der Waals surface area contributed by atoms with Gasteiger partial charge >= 0.3 is 53.7 Å². The van der Waals surface area contributed by atoms with Crippen LogP contribution in [0.2, 0.25) is 0 Å². The van der Waals surface area contributed by atoms with Crippen LogP contribution in [0.5, 0.6) is 0 Å². The van der Waals surface area contributed by atoms with Gasteiger partial charge in [0.1, 0.15) is 56.4 Å². The number of carbonyl (C=O) groups excluding carboxylic acids is 9. The second-order valence-electron chi connectivity index (χ2n) is 27.1. The lowest BCUT2D eigenvalue weighted by Gasteiger charge is -2.31. The van der Waals surface area contributed by atoms with Crippen molar-refractivity contribution in [2.45, 2.75) is 131 Å². The van der Waals surface area contributed by atoms with E-state index >= 15 is 9.59 Å². The lowest BCUT2D eigenvalue weighted by Crippen LogP contribution is -2.50. The van der Waals surface area contributed by atoms with Gasteiger partial charge in [-0.25, -0.2) is 43.2 Å². The van der Waals surface area contributed by atoms with Crippen LogP contribution in [0.3, 0.4) is 0 Å². The van der Waals surface area contributed by atoms with Gasteiger partial charge < -0.3 is 76.2 Å². The SMILES string of the molecule is [N-]=[N+]=NCCCCCCCCO[C@@H]1O[C@@H]([C@@H](COC(=O)c2ccccc2)O[C@@H]2O[C@@H]([C@@H](COC(=O)c3ccccc3)O[C@@H]3O[C@@H]([C@H](O)COC(=O)c4ccccc4)[C@H](OC(=O)c4ccccc4)[C@H]3OC(=O)c3ccccc3)[C@H](OC(=O)c3ccccc3)[C@H]2OC(=O)c2ccccc2)[C@H](OC(=O)c2ccccc2)[C@H]1OC(=O)c1ccccc1. The molecule has 3 aliphatic rings. The Morgan fingerprint density at radius 1 is 0.308 bits per heavy atom. The van der Waals surface area contributed by atoms with Crippen molar-refractivity contribution in [2.24, 2.45) is 5.11 Å². The summed E-state index contributed by atoms with van der Waals surface area (Å²) in [6, 6.07) is 69.2. The number of benzene rings is 9. The van der Waals surface area contributed by atoms with Gasteiger partial charge in [-0.1, -0.05) is 195 Å². The van der Waals surface area contributed by atoms with Gasteiger partial charge in [-0.2, -0.15) is 0 Å². The number of aliphatic hydroxyl groups excluding tert-OH is 1. The molecule has 3 saturated heterocycles. The molecule has 0 spiro atoms. The Morgan fingerprint density at radius 3 is 0.855 bits per heavy atom. The Labute approximate surface area is 672 Å². The molecule has 0 radical (unpaired) electrons. The predicted octanol–water partition coefficient (Wildman–Crippen LogP) is 12.9. The number of aliphatic hydroxyl groups is 1. The topological polar surface area (TPSA) is 361 Å². The van der Waals surface area contributed by atoms with Crippen LogP contribution in [0.15, 0.2) is 278 Å². The summed E-state index contributed by atoms with van der Waals surface area (Å²) >= 11 is 0. The van der Waals surface area contributed by atoms with Crippen LogP contribution >= 0.6 is 0 Å². The number of esters is 9. The van der Waals surface area contributed by atoms with Gasteiger partial charge in [0.15, 0.2) is 55.5 Å². The van der Waals surface area contributed by atoms with Crippen LogP contribution < -0.4 is 0 Å². The zero-order chi connectivity index (χ0) is 81.7. The fourth-order valence-electron chi connectivity index (χ4n) is 13.1. The van der Waals surface area contributed by atoms with Crippen molar-refractivity contribution in [2.75, 3.05) is 33.0 Å². The first-order valence-electron chi connectivity index (χ1n) is 38.0. The van der Waals surface area contributed by atoms with E-state index in [0.717, 1.165) is 19.3 Å². The van der Waals surface area contributed by atoms with E-state index in [1.54, 1.807) is 164 Å². The molecule has 0 bridgehead atoms. The smallest absolute Gasteiger partial charge is 0.338 e. The van der Waals surface area contributed by atoms with Crippen LogP contribution in [0.4, 0.5) is 0 Å². The monoisotopic (exact) mass is 1590 g/mol. The maximum absolute atomic E-state index is 15.2. The summed E-state index contributed by atoms with van der Waals surface area (Å²) in [4.78, 5) is 134. The number of ether oxygens (including phenoxy) is 15. The van der Waals surface area contributed by atoms with E-state index in [1.165, 1.54) is 109 Å². The molecular weight excluding hydrogens is 1510 g/mol. The molecule has 9 aromatic carbocycles. The summed E-state index contributed by atoms with van der Waals surface area (Å²) < 4.78 is 97.6. The fraction of sp³-hybridized carbons (Fsp3) is 0.292. The van der Waals surface area contributed by atoms with E-state index in [4.69, 9.17) is 76.6 Å². The number of carbonyl (C=O) groups is 9. The third-order valence-electron chi connectivity index (χ3n) is 19.0. The van der Waals surface area contributed by atoms with Gasteiger partial charge in [-0.3, -0.25) is 0 Å². The summed E-state index contributed by atoms with van der Waals surface area (Å²) in [7, 11) is 0. The minimum absolute atomic E-state index is 0.0109. The summed E-state index contributed by atoms with van der Waals surface area (Å²) in [6.07, 6.45) is -24.8. The standard InChI is InChI=1S/C89H83N3O25/c90-92-91-52-32-3-1-2-4-33-53-103-87-75(112-84(100)63-46-26-11-27-47-63)73(110-82(98)61-42-22-9-23-43-61)70(116-87)67(55-105-79(95)58-36-16-6-17-37-58)108-89-77(114-86(102)65-50-30-13-31-51-65)74(111-83(99)62-44-24-10-25-45-62)71(117-89)68(56-106-80(96)59-38-18-7-19-39-59)107-88-76(113-85(101)64-48-28-12-29-49-64)72(109-81(97)60-40-20-8-21-41-60)69(115-88)66(93)54-104-78(94)57-34-14-5-15-35-57/h5-31,34-51,66-77,87-89,93H,1-4,32-33,52-56H2/t66-,67-,68-,69+,70+,71+,72+,73+,74+,75-,76-,77-,87-,88-,89-/m1/s1. The molecule has 3 fully saturated rings. The first-order chi connectivity index (χ1) is 57.2. The second kappa shape index (κ2) is 42.6. The maximum Gasteiger partial charge on any atom is 0.338 e. The summed E-state index contributed by atoms with van der Waals surface area (Å²) in [6.45, 7) is -2.38. The van der Waals surface area contributed by atoms with Gasteiger partial charge in [0, 0.05) is 18.1 Å². The van der Waals surface area contributed by atoms with E-state index in [0.29, 0.717) is 25.8 Å². The quantitative estimate of drug-likeness (QED) is 0.00938. The van der Waals surface area contributed by atoms with Gasteiger partial charge in [-0.15, -0.1) is 0 Å². The molecule has 117 heavy (non-hydrogen) atoms. The van der Waals surface area contributed by atoms with Crippen LogP contribution in [0.25, 0.3) is 10.4 Å². The van der Waals surface area contributed by atoms with E-state index < -0.39 is 166 Å². The van der Waals surface area contributed by atoms with Gasteiger partial charge in [0.25, 0.3) is 0 Å². The average Bonchev–Trinajstić information content (AvgIpc) is 1.62. The average molecular weight is 1590 g/mol. The molecule has 9 aromatic rings. The van der Waals surface area contributed by atoms with Crippen LogP contribution in [-0.4, -0.2) is 184 Å². The lowest BCUT2D eigenvalue weighted by atomic mass is 10.0. The first-order valence-corrected chi connectivity index (χ1v) is 38.0. The van der Waals surface area contributed by atoms with E-state index in [1.807, 2.05) is 0 Å². The summed E-state index contributed by atoms with van der Waals surface area (Å²) in [5, 5.41) is 16.0. The molecule has 15 atom stereocenters. The first kappa shape index (κ1) is 83.7. The number of hydrogen-bond acceptors (Lipinski definition) is 26. The molecule has 0 saturated carbocycles. The Balaban J connectivity index is 0.992. The molecule has 604 valence electrons. The minimum Gasteiger partial charge on any atom is -0.459 e. The summed E-state index contributed by atoms with van der Waals surface area (Å²) in [5.74, 6) is -8.92. The lowest BCUT2D eigenvalue weighted by molar-refractivity contribution is -0.261. The van der Waals surface area contributed by atoms with E-state index in [-0.39, 0.29) is 56.7 Å². The largest absolute Gasteiger partial charge is 0.459 e. The predicted molar refractivity (Wildman–Crippen MR) is 413 cm³/mol. The highest BCUT2D eigenvalue weighted by Gasteiger charge is 2.61. The van der Waals surface area contributed by atoms with Crippen molar-refractivity contribution in [1.29, 1.82) is 0 Å². The Hall–Kier alpha value is -12.8. The Morgan fingerprint density at radius 2 is 0.547 bits per heavy atom. The number of nitrogens with zero attached hydrogens (tertiary/aromatic N) is 3. The molecule has 0 aromatic heterocycles. The molecular formula is C89H83N3O25. The maximum atomic E-state index is 15.2. The van der Waals surface area contributed by atoms with Crippen LogP contribution in [0, 0.1) is 0 Å². The van der Waals surface area contributed by atoms with Crippen LogP contribution in [-0.2, 0) is 71.1 Å². The molecule has 1 N–H and O–H groups in total. The van der Waals surface area contributed by atoms with E-state index in [2.05, 4.69) is 10.0 Å². The van der Waals surface area contributed by atoms with Crippen molar-refractivity contribution in [3.05, 3.63) is 334 Å². The molecule has 3 heterocycles. The number of azide groups is 1. The van der Waals surface area contributed by atoms with Gasteiger partial charge in [0.2, 0.25) is 0 Å². The molecule has 3 aliphatic heterocycles. The number of rotatable bonds is 38.